The fraction of sp³-hybridized carbons (Fsp3) is 0.400. The Morgan fingerprint density at radius 3 is 2.56 bits per heavy atom. The van der Waals surface area contributed by atoms with Gasteiger partial charge in [-0.1, -0.05) is 38.1 Å². The Balaban J connectivity index is 2.07. The summed E-state index contributed by atoms with van der Waals surface area (Å²) in [6.07, 6.45) is 5.17. The van der Waals surface area contributed by atoms with E-state index in [4.69, 9.17) is 0 Å². The van der Waals surface area contributed by atoms with Gasteiger partial charge < -0.3 is 5.32 Å². The Hall–Kier alpha value is -1.61. The van der Waals surface area contributed by atoms with Crippen molar-refractivity contribution >= 4 is 0 Å². The van der Waals surface area contributed by atoms with Crippen LogP contribution in [0, 0.1) is 0 Å². The van der Waals surface area contributed by atoms with Gasteiger partial charge in [0.2, 0.25) is 0 Å². The number of nitrogens with one attached hydrogen (secondary N) is 1. The third-order valence-electron chi connectivity index (χ3n) is 2.95. The van der Waals surface area contributed by atoms with E-state index >= 15 is 0 Å². The van der Waals surface area contributed by atoms with Gasteiger partial charge in [-0.15, -0.1) is 0 Å². The van der Waals surface area contributed by atoms with E-state index in [0.29, 0.717) is 0 Å². The largest absolute Gasteiger partial charge is 0.313 e. The number of nitrogens with zero attached hydrogens (tertiary/aromatic N) is 2. The van der Waals surface area contributed by atoms with Gasteiger partial charge in [0.25, 0.3) is 0 Å². The number of aromatic nitrogens is 2. The molecular weight excluding hydrogens is 222 g/mol. The van der Waals surface area contributed by atoms with E-state index in [2.05, 4.69) is 54.7 Å². The van der Waals surface area contributed by atoms with E-state index in [1.165, 1.54) is 16.7 Å². The molecule has 0 aliphatic heterocycles. The summed E-state index contributed by atoms with van der Waals surface area (Å²) in [7, 11) is 0. The molecule has 0 spiro atoms. The van der Waals surface area contributed by atoms with Crippen molar-refractivity contribution in [3.05, 3.63) is 42.2 Å². The first-order valence-corrected chi connectivity index (χ1v) is 6.66. The third kappa shape index (κ3) is 3.20. The highest BCUT2D eigenvalue weighted by atomic mass is 15.3. The lowest BCUT2D eigenvalue weighted by molar-refractivity contribution is 0.603. The summed E-state index contributed by atoms with van der Waals surface area (Å²) in [5, 5.41) is 7.69. The molecule has 0 unspecified atom stereocenters. The van der Waals surface area contributed by atoms with Crippen LogP contribution in [0.2, 0.25) is 0 Å². The van der Waals surface area contributed by atoms with Crippen LogP contribution in [-0.2, 0) is 13.1 Å². The average Bonchev–Trinajstić information content (AvgIpc) is 2.86. The molecule has 1 N–H and O–H groups in total. The van der Waals surface area contributed by atoms with Crippen molar-refractivity contribution in [2.24, 2.45) is 0 Å². The fourth-order valence-electron chi connectivity index (χ4n) is 1.95. The van der Waals surface area contributed by atoms with Gasteiger partial charge >= 0.3 is 0 Å². The molecule has 96 valence electrons. The zero-order valence-electron chi connectivity index (χ0n) is 11.2. The van der Waals surface area contributed by atoms with Gasteiger partial charge in [-0.2, -0.15) is 5.10 Å². The van der Waals surface area contributed by atoms with E-state index in [0.717, 1.165) is 26.1 Å². The van der Waals surface area contributed by atoms with Crippen molar-refractivity contribution in [2.75, 3.05) is 6.54 Å². The van der Waals surface area contributed by atoms with Crippen molar-refractivity contribution in [2.45, 2.75) is 33.4 Å². The van der Waals surface area contributed by atoms with Crippen LogP contribution in [0.5, 0.6) is 0 Å². The lowest BCUT2D eigenvalue weighted by Gasteiger charge is -2.03. The van der Waals surface area contributed by atoms with Crippen molar-refractivity contribution in [3.8, 4) is 11.1 Å². The van der Waals surface area contributed by atoms with Gasteiger partial charge in [0.1, 0.15) is 0 Å². The van der Waals surface area contributed by atoms with Gasteiger partial charge in [0, 0.05) is 24.8 Å². The van der Waals surface area contributed by atoms with Crippen LogP contribution in [0.3, 0.4) is 0 Å². The molecule has 1 aromatic heterocycles. The summed E-state index contributed by atoms with van der Waals surface area (Å²) in [5.74, 6) is 0. The summed E-state index contributed by atoms with van der Waals surface area (Å²) in [5.41, 5.74) is 3.75. The number of benzene rings is 1. The zero-order chi connectivity index (χ0) is 12.8. The molecule has 1 aromatic carbocycles. The van der Waals surface area contributed by atoms with Gasteiger partial charge in [-0.05, 0) is 24.1 Å². The quantitative estimate of drug-likeness (QED) is 0.845. The predicted molar refractivity (Wildman–Crippen MR) is 75.3 cm³/mol. The maximum atomic E-state index is 4.36. The zero-order valence-corrected chi connectivity index (χ0v) is 11.2. The summed E-state index contributed by atoms with van der Waals surface area (Å²) < 4.78 is 2.00. The van der Waals surface area contributed by atoms with E-state index in [1.54, 1.807) is 0 Å². The Labute approximate surface area is 109 Å². The highest BCUT2D eigenvalue weighted by Crippen LogP contribution is 2.19. The molecule has 3 nitrogen and oxygen atoms in total. The van der Waals surface area contributed by atoms with Crippen molar-refractivity contribution in [3.63, 3.8) is 0 Å². The Morgan fingerprint density at radius 2 is 1.89 bits per heavy atom. The molecule has 0 aliphatic carbocycles. The molecule has 18 heavy (non-hydrogen) atoms. The minimum Gasteiger partial charge on any atom is -0.313 e. The van der Waals surface area contributed by atoms with Gasteiger partial charge in [-0.3, -0.25) is 4.68 Å². The minimum atomic E-state index is 0.936. The fourth-order valence-corrected chi connectivity index (χ4v) is 1.95. The van der Waals surface area contributed by atoms with Crippen LogP contribution in [0.25, 0.3) is 11.1 Å². The Bertz CT molecular complexity index is 471. The second-order valence-electron chi connectivity index (χ2n) is 4.47. The van der Waals surface area contributed by atoms with Crippen molar-refractivity contribution in [1.82, 2.24) is 15.1 Å². The van der Waals surface area contributed by atoms with Gasteiger partial charge in [0.05, 0.1) is 6.20 Å². The normalized spacial score (nSPS) is 10.8. The van der Waals surface area contributed by atoms with E-state index in [1.807, 2.05) is 10.9 Å². The molecule has 0 saturated carbocycles. The predicted octanol–water partition coefficient (Wildman–Crippen LogP) is 3.07. The molecule has 0 atom stereocenters. The molecule has 0 fully saturated rings. The van der Waals surface area contributed by atoms with Gasteiger partial charge in [0.15, 0.2) is 0 Å². The molecule has 0 amide bonds. The van der Waals surface area contributed by atoms with Crippen LogP contribution in [-0.4, -0.2) is 16.3 Å². The first-order valence-electron chi connectivity index (χ1n) is 6.66. The molecule has 2 rings (SSSR count). The lowest BCUT2D eigenvalue weighted by atomic mass is 10.1. The monoisotopic (exact) mass is 243 g/mol. The molecule has 0 saturated heterocycles. The van der Waals surface area contributed by atoms with Crippen molar-refractivity contribution in [1.29, 1.82) is 0 Å². The summed E-state index contributed by atoms with van der Waals surface area (Å²) in [6.45, 7) is 7.21. The smallest absolute Gasteiger partial charge is 0.0568 e. The molecule has 3 heteroatoms. The van der Waals surface area contributed by atoms with Crippen LogP contribution < -0.4 is 5.32 Å². The summed E-state index contributed by atoms with van der Waals surface area (Å²) >= 11 is 0. The van der Waals surface area contributed by atoms with Gasteiger partial charge in [-0.25, -0.2) is 0 Å². The van der Waals surface area contributed by atoms with Crippen molar-refractivity contribution < 1.29 is 0 Å². The standard InChI is InChI=1S/C15H21N3/c1-3-9-18-12-15(11-17-18)14-7-5-13(6-8-14)10-16-4-2/h5-8,11-12,16H,3-4,9-10H2,1-2H3. The Kier molecular flexibility index (Phi) is 4.53. The SMILES string of the molecule is CCCn1cc(-c2ccc(CNCC)cc2)cn1. The highest BCUT2D eigenvalue weighted by molar-refractivity contribution is 5.61. The first-order chi connectivity index (χ1) is 8.83. The molecule has 1 heterocycles. The molecule has 0 radical (unpaired) electrons. The maximum Gasteiger partial charge on any atom is 0.0568 e. The number of rotatable bonds is 6. The lowest BCUT2D eigenvalue weighted by Crippen LogP contribution is -2.11. The highest BCUT2D eigenvalue weighted by Gasteiger charge is 2.01. The molecule has 2 aromatic rings. The summed E-state index contributed by atoms with van der Waals surface area (Å²) in [6, 6.07) is 8.68. The molecule has 0 bridgehead atoms. The van der Waals surface area contributed by atoms with E-state index in [-0.39, 0.29) is 0 Å². The van der Waals surface area contributed by atoms with Crippen LogP contribution in [0.1, 0.15) is 25.8 Å². The van der Waals surface area contributed by atoms with E-state index in [9.17, 15) is 0 Å². The minimum absolute atomic E-state index is 0.936. The van der Waals surface area contributed by atoms with E-state index < -0.39 is 0 Å². The molecular formula is C15H21N3. The Morgan fingerprint density at radius 1 is 1.11 bits per heavy atom. The van der Waals surface area contributed by atoms with Crippen LogP contribution >= 0.6 is 0 Å². The maximum absolute atomic E-state index is 4.36. The number of aryl methyl sites for hydroxylation is 1. The first kappa shape index (κ1) is 12.8. The second kappa shape index (κ2) is 6.36. The molecule has 0 aliphatic rings. The topological polar surface area (TPSA) is 29.9 Å². The second-order valence-corrected chi connectivity index (χ2v) is 4.47. The number of hydrogen-bond acceptors (Lipinski definition) is 2. The van der Waals surface area contributed by atoms with Crippen LogP contribution in [0.4, 0.5) is 0 Å². The summed E-state index contributed by atoms with van der Waals surface area (Å²) in [4.78, 5) is 0. The van der Waals surface area contributed by atoms with Crippen LogP contribution in [0.15, 0.2) is 36.7 Å². The third-order valence-corrected chi connectivity index (χ3v) is 2.95. The average molecular weight is 243 g/mol. The number of hydrogen-bond donors (Lipinski definition) is 1.